The van der Waals surface area contributed by atoms with Gasteiger partial charge in [0.25, 0.3) is 0 Å². The maximum Gasteiger partial charge on any atom is 0.249 e. The predicted octanol–water partition coefficient (Wildman–Crippen LogP) is 0.130. The number of nitrogens with zero attached hydrogens (tertiary/aromatic N) is 3. The third-order valence-corrected chi connectivity index (χ3v) is 2.15. The molecule has 1 aromatic heterocycles. The van der Waals surface area contributed by atoms with E-state index in [0.29, 0.717) is 23.8 Å². The Morgan fingerprint density at radius 3 is 3.06 bits per heavy atom. The monoisotopic (exact) mass is 222 g/mol. The van der Waals surface area contributed by atoms with E-state index in [2.05, 4.69) is 25.5 Å². The van der Waals surface area contributed by atoms with Crippen molar-refractivity contribution in [3.63, 3.8) is 0 Å². The van der Waals surface area contributed by atoms with Crippen molar-refractivity contribution in [1.29, 1.82) is 0 Å². The molecular formula is C9H10N4O3. The molecule has 0 aromatic carbocycles. The lowest BCUT2D eigenvalue weighted by atomic mass is 10.2. The minimum atomic E-state index is -0.244. The number of hydrogen-bond donors (Lipinski definition) is 1. The lowest BCUT2D eigenvalue weighted by Gasteiger charge is -2.01. The molecule has 2 rings (SSSR count). The number of hydrogen-bond acceptors (Lipinski definition) is 7. The number of allylic oxidation sites excluding steroid dienone is 1. The molecule has 1 N–H and O–H groups in total. The van der Waals surface area contributed by atoms with E-state index in [9.17, 15) is 4.79 Å². The fourth-order valence-corrected chi connectivity index (χ4v) is 1.49. The van der Waals surface area contributed by atoms with Gasteiger partial charge in [-0.1, -0.05) is 10.3 Å². The summed E-state index contributed by atoms with van der Waals surface area (Å²) >= 11 is 0. The Bertz CT molecular complexity index is 473. The van der Waals surface area contributed by atoms with Crippen molar-refractivity contribution in [2.24, 2.45) is 5.16 Å². The van der Waals surface area contributed by atoms with Gasteiger partial charge >= 0.3 is 0 Å². The van der Waals surface area contributed by atoms with E-state index < -0.39 is 0 Å². The summed E-state index contributed by atoms with van der Waals surface area (Å²) in [4.78, 5) is 19.4. The molecule has 1 atom stereocenters. The zero-order valence-corrected chi connectivity index (χ0v) is 8.85. The van der Waals surface area contributed by atoms with Crippen LogP contribution in [0.15, 0.2) is 15.4 Å². The summed E-state index contributed by atoms with van der Waals surface area (Å²) < 4.78 is 5.00. The van der Waals surface area contributed by atoms with Crippen molar-refractivity contribution in [2.45, 2.75) is 19.4 Å². The fourth-order valence-electron chi connectivity index (χ4n) is 1.49. The third-order valence-electron chi connectivity index (χ3n) is 2.15. The Kier molecular flexibility index (Phi) is 2.70. The maximum absolute atomic E-state index is 10.6. The molecule has 16 heavy (non-hydrogen) atoms. The first kappa shape index (κ1) is 10.4. The number of aromatic nitrogens is 2. The third kappa shape index (κ3) is 1.80. The number of carbonyl (C=O) groups excluding carboxylic acids is 1. The lowest BCUT2D eigenvalue weighted by molar-refractivity contribution is 0.213. The van der Waals surface area contributed by atoms with Crippen LogP contribution in [0.5, 0.6) is 0 Å². The van der Waals surface area contributed by atoms with E-state index in [0.717, 1.165) is 0 Å². The number of rotatable bonds is 2. The second-order valence-electron chi connectivity index (χ2n) is 3.28. The van der Waals surface area contributed by atoms with Gasteiger partial charge in [-0.25, -0.2) is 4.79 Å². The zero-order chi connectivity index (χ0) is 11.5. The summed E-state index contributed by atoms with van der Waals surface area (Å²) in [6.07, 6.45) is 0.458. The first-order valence-electron chi connectivity index (χ1n) is 4.67. The Morgan fingerprint density at radius 1 is 1.69 bits per heavy atom. The van der Waals surface area contributed by atoms with Crippen LogP contribution in [0.25, 0.3) is 0 Å². The Labute approximate surface area is 91.1 Å². The van der Waals surface area contributed by atoms with Gasteiger partial charge in [-0.15, -0.1) is 0 Å². The first-order valence-corrected chi connectivity index (χ1v) is 4.67. The molecule has 1 aliphatic rings. The van der Waals surface area contributed by atoms with Gasteiger partial charge in [0.05, 0.1) is 0 Å². The van der Waals surface area contributed by atoms with Gasteiger partial charge in [-0.3, -0.25) is 0 Å². The quantitative estimate of drug-likeness (QED) is 0.565. The highest BCUT2D eigenvalue weighted by Gasteiger charge is 2.31. The number of nitrogens with one attached hydrogen (secondary N) is 1. The van der Waals surface area contributed by atoms with Crippen LogP contribution in [0.4, 0.5) is 0 Å². The molecule has 0 radical (unpaired) electrons. The second-order valence-corrected chi connectivity index (χ2v) is 3.28. The van der Waals surface area contributed by atoms with Crippen molar-refractivity contribution in [3.05, 3.63) is 17.4 Å². The minimum absolute atomic E-state index is 0.244. The van der Waals surface area contributed by atoms with E-state index in [4.69, 9.17) is 4.52 Å². The molecule has 0 spiro atoms. The Hall–Kier alpha value is -2.14. The van der Waals surface area contributed by atoms with E-state index in [1.807, 2.05) is 0 Å². The standard InChI is InChI=1S/C9H10N4O3/c1-5-10-9(16-12-5)7-3-6(13-15-2)8(4-14)11-7/h7,11H,3H2,1-2H3. The average molecular weight is 222 g/mol. The second kappa shape index (κ2) is 4.16. The normalized spacial score (nSPS) is 22.0. The van der Waals surface area contributed by atoms with Crippen LogP contribution in [0.2, 0.25) is 0 Å². The van der Waals surface area contributed by atoms with Crippen LogP contribution in [0.3, 0.4) is 0 Å². The van der Waals surface area contributed by atoms with Gasteiger partial charge in [-0.05, 0) is 6.92 Å². The zero-order valence-electron chi connectivity index (χ0n) is 8.85. The molecule has 0 amide bonds. The van der Waals surface area contributed by atoms with Gasteiger partial charge in [0.2, 0.25) is 5.89 Å². The largest absolute Gasteiger partial charge is 0.399 e. The summed E-state index contributed by atoms with van der Waals surface area (Å²) in [6, 6.07) is -0.244. The molecular weight excluding hydrogens is 212 g/mol. The highest BCUT2D eigenvalue weighted by Crippen LogP contribution is 2.24. The van der Waals surface area contributed by atoms with Crippen molar-refractivity contribution in [1.82, 2.24) is 15.5 Å². The highest BCUT2D eigenvalue weighted by molar-refractivity contribution is 6.07. The molecule has 0 aliphatic carbocycles. The van der Waals surface area contributed by atoms with Gasteiger partial charge in [-0.2, -0.15) is 4.98 Å². The summed E-state index contributed by atoms with van der Waals surface area (Å²) in [6.45, 7) is 1.72. The molecule has 1 aliphatic heterocycles. The molecule has 2 heterocycles. The van der Waals surface area contributed by atoms with Crippen LogP contribution in [0, 0.1) is 6.92 Å². The van der Waals surface area contributed by atoms with Crippen LogP contribution >= 0.6 is 0 Å². The van der Waals surface area contributed by atoms with Crippen LogP contribution in [-0.4, -0.2) is 28.9 Å². The molecule has 1 fully saturated rings. The lowest BCUT2D eigenvalue weighted by Crippen LogP contribution is -2.13. The van der Waals surface area contributed by atoms with E-state index >= 15 is 0 Å². The predicted molar refractivity (Wildman–Crippen MR) is 53.2 cm³/mol. The Morgan fingerprint density at radius 2 is 2.50 bits per heavy atom. The van der Waals surface area contributed by atoms with Crippen molar-refractivity contribution in [3.8, 4) is 0 Å². The summed E-state index contributed by atoms with van der Waals surface area (Å²) in [5.74, 6) is 2.73. The molecule has 1 saturated heterocycles. The molecule has 1 unspecified atom stereocenters. The first-order chi connectivity index (χ1) is 7.74. The summed E-state index contributed by atoms with van der Waals surface area (Å²) in [5.41, 5.74) is 0.765. The SMILES string of the molecule is CON=C1CC(c2nc(C)no2)NC1=C=O. The average Bonchev–Trinajstić information content (AvgIpc) is 2.85. The topological polar surface area (TPSA) is 89.6 Å². The number of aryl methyl sites for hydroxylation is 1. The fraction of sp³-hybridized carbons (Fsp3) is 0.444. The highest BCUT2D eigenvalue weighted by atomic mass is 16.6. The van der Waals surface area contributed by atoms with Crippen LogP contribution in [-0.2, 0) is 9.63 Å². The molecule has 1 aromatic rings. The smallest absolute Gasteiger partial charge is 0.249 e. The molecule has 84 valence electrons. The van der Waals surface area contributed by atoms with Gasteiger partial charge in [0.1, 0.15) is 24.6 Å². The van der Waals surface area contributed by atoms with E-state index in [-0.39, 0.29) is 11.7 Å². The minimum Gasteiger partial charge on any atom is -0.399 e. The Balaban J connectivity index is 2.23. The van der Waals surface area contributed by atoms with Crippen molar-refractivity contribution < 1.29 is 14.2 Å². The van der Waals surface area contributed by atoms with E-state index in [1.54, 1.807) is 12.9 Å². The van der Waals surface area contributed by atoms with E-state index in [1.165, 1.54) is 7.11 Å². The maximum atomic E-state index is 10.6. The molecule has 7 heteroatoms. The van der Waals surface area contributed by atoms with Crippen LogP contribution in [0.1, 0.15) is 24.2 Å². The number of oxime groups is 1. The van der Waals surface area contributed by atoms with Gasteiger partial charge in [0, 0.05) is 6.42 Å². The molecule has 0 bridgehead atoms. The molecule has 0 saturated carbocycles. The van der Waals surface area contributed by atoms with Gasteiger partial charge in [0.15, 0.2) is 11.8 Å². The van der Waals surface area contributed by atoms with Gasteiger partial charge < -0.3 is 14.7 Å². The van der Waals surface area contributed by atoms with Crippen LogP contribution < -0.4 is 5.32 Å². The van der Waals surface area contributed by atoms with Crippen molar-refractivity contribution in [2.75, 3.05) is 7.11 Å². The van der Waals surface area contributed by atoms with Crippen molar-refractivity contribution >= 4 is 11.7 Å². The summed E-state index contributed by atoms with van der Waals surface area (Å²) in [5, 5.41) is 10.3. The molecule has 7 nitrogen and oxygen atoms in total. The summed E-state index contributed by atoms with van der Waals surface area (Å²) in [7, 11) is 1.42.